The Morgan fingerprint density at radius 3 is 2.38 bits per heavy atom. The lowest BCUT2D eigenvalue weighted by Gasteiger charge is -2.44. The van der Waals surface area contributed by atoms with E-state index >= 15 is 0 Å². The predicted molar refractivity (Wildman–Crippen MR) is 73.4 cm³/mol. The van der Waals surface area contributed by atoms with Crippen molar-refractivity contribution in [2.75, 3.05) is 13.2 Å². The van der Waals surface area contributed by atoms with Gasteiger partial charge in [-0.1, -0.05) is 6.92 Å². The van der Waals surface area contributed by atoms with Gasteiger partial charge in [0.1, 0.15) is 18.0 Å². The molecule has 3 atom stereocenters. The van der Waals surface area contributed by atoms with Crippen LogP contribution < -0.4 is 10.1 Å². The van der Waals surface area contributed by atoms with Crippen molar-refractivity contribution in [2.24, 2.45) is 0 Å². The minimum absolute atomic E-state index is 0.0581. The molecule has 0 radical (unpaired) electrons. The highest BCUT2D eigenvalue weighted by molar-refractivity contribution is 5.29. The monoisotopic (exact) mass is 303 g/mol. The highest BCUT2D eigenvalue weighted by Gasteiger charge is 2.43. The summed E-state index contributed by atoms with van der Waals surface area (Å²) in [5.74, 6) is 0.438. The van der Waals surface area contributed by atoms with Crippen molar-refractivity contribution in [3.63, 3.8) is 0 Å². The van der Waals surface area contributed by atoms with Crippen molar-refractivity contribution in [1.29, 1.82) is 0 Å². The van der Waals surface area contributed by atoms with Gasteiger partial charge >= 0.3 is 6.18 Å². The minimum Gasteiger partial charge on any atom is -0.488 e. The maximum Gasteiger partial charge on any atom is 0.416 e. The van der Waals surface area contributed by atoms with E-state index in [0.717, 1.165) is 25.1 Å². The summed E-state index contributed by atoms with van der Waals surface area (Å²) in [6, 6.07) is 5.02. The molecule has 1 aliphatic carbocycles. The van der Waals surface area contributed by atoms with Crippen molar-refractivity contribution >= 4 is 0 Å². The van der Waals surface area contributed by atoms with E-state index in [1.54, 1.807) is 0 Å². The lowest BCUT2D eigenvalue weighted by Crippen LogP contribution is -2.61. The normalized spacial score (nSPS) is 25.5. The van der Waals surface area contributed by atoms with Crippen LogP contribution in [0.1, 0.15) is 25.8 Å². The first kappa shape index (κ1) is 16.1. The number of alkyl halides is 3. The van der Waals surface area contributed by atoms with Gasteiger partial charge in [0, 0.05) is 19.1 Å². The van der Waals surface area contributed by atoms with Gasteiger partial charge in [-0.15, -0.1) is 0 Å². The number of halogens is 3. The Morgan fingerprint density at radius 2 is 1.86 bits per heavy atom. The van der Waals surface area contributed by atoms with E-state index in [9.17, 15) is 13.2 Å². The van der Waals surface area contributed by atoms with Crippen LogP contribution in [0.2, 0.25) is 0 Å². The van der Waals surface area contributed by atoms with E-state index in [-0.39, 0.29) is 18.2 Å². The number of ether oxygens (including phenoxy) is 2. The van der Waals surface area contributed by atoms with Crippen LogP contribution >= 0.6 is 0 Å². The first-order valence-electron chi connectivity index (χ1n) is 7.14. The van der Waals surface area contributed by atoms with E-state index in [4.69, 9.17) is 9.47 Å². The zero-order valence-corrected chi connectivity index (χ0v) is 12.1. The zero-order chi connectivity index (χ0) is 15.5. The number of rotatable bonds is 6. The summed E-state index contributed by atoms with van der Waals surface area (Å²) >= 11 is 0. The van der Waals surface area contributed by atoms with Crippen LogP contribution in [-0.4, -0.2) is 31.4 Å². The van der Waals surface area contributed by atoms with Crippen molar-refractivity contribution in [3.05, 3.63) is 29.8 Å². The Labute approximate surface area is 122 Å². The van der Waals surface area contributed by atoms with Gasteiger partial charge in [-0.2, -0.15) is 13.2 Å². The summed E-state index contributed by atoms with van der Waals surface area (Å²) in [5, 5.41) is 3.31. The smallest absolute Gasteiger partial charge is 0.416 e. The van der Waals surface area contributed by atoms with Crippen LogP contribution in [0.4, 0.5) is 13.2 Å². The molecular weight excluding hydrogens is 283 g/mol. The Bertz CT molecular complexity index is 447. The van der Waals surface area contributed by atoms with Gasteiger partial charge in [0.05, 0.1) is 5.56 Å². The van der Waals surface area contributed by atoms with Crippen LogP contribution in [-0.2, 0) is 10.9 Å². The van der Waals surface area contributed by atoms with E-state index in [1.807, 2.05) is 13.8 Å². The fourth-order valence-electron chi connectivity index (χ4n) is 2.47. The van der Waals surface area contributed by atoms with E-state index in [2.05, 4.69) is 5.32 Å². The van der Waals surface area contributed by atoms with Gasteiger partial charge in [0.2, 0.25) is 0 Å². The maximum atomic E-state index is 12.5. The van der Waals surface area contributed by atoms with E-state index in [0.29, 0.717) is 12.4 Å². The number of benzene rings is 1. The van der Waals surface area contributed by atoms with Gasteiger partial charge in [-0.25, -0.2) is 0 Å². The third-order valence-electron chi connectivity index (χ3n) is 3.54. The molecule has 1 fully saturated rings. The second-order valence-corrected chi connectivity index (χ2v) is 5.00. The van der Waals surface area contributed by atoms with Gasteiger partial charge in [-0.3, -0.25) is 0 Å². The van der Waals surface area contributed by atoms with Crippen molar-refractivity contribution in [1.82, 2.24) is 5.32 Å². The molecule has 0 aliphatic heterocycles. The first-order valence-corrected chi connectivity index (χ1v) is 7.14. The molecule has 0 saturated heterocycles. The van der Waals surface area contributed by atoms with Crippen LogP contribution in [0.25, 0.3) is 0 Å². The largest absolute Gasteiger partial charge is 0.488 e. The highest BCUT2D eigenvalue weighted by Crippen LogP contribution is 2.32. The molecule has 118 valence electrons. The van der Waals surface area contributed by atoms with Crippen LogP contribution in [0.5, 0.6) is 5.75 Å². The van der Waals surface area contributed by atoms with Crippen LogP contribution in [0, 0.1) is 0 Å². The summed E-state index contributed by atoms with van der Waals surface area (Å²) in [6.45, 7) is 5.37. The molecule has 6 heteroatoms. The summed E-state index contributed by atoms with van der Waals surface area (Å²) in [7, 11) is 0. The number of hydrogen-bond donors (Lipinski definition) is 1. The van der Waals surface area contributed by atoms with Crippen LogP contribution in [0.3, 0.4) is 0 Å². The molecular formula is C15H20F3NO2. The summed E-state index contributed by atoms with van der Waals surface area (Å²) in [5.41, 5.74) is -0.671. The lowest BCUT2D eigenvalue weighted by molar-refractivity contribution is -0.137. The fraction of sp³-hybridized carbons (Fsp3) is 0.600. The van der Waals surface area contributed by atoms with Crippen LogP contribution in [0.15, 0.2) is 24.3 Å². The molecule has 0 aromatic heterocycles. The molecule has 0 heterocycles. The lowest BCUT2D eigenvalue weighted by atomic mass is 9.85. The number of nitrogens with one attached hydrogen (secondary N) is 1. The average Bonchev–Trinajstić information content (AvgIpc) is 2.43. The molecule has 3 nitrogen and oxygen atoms in total. The second-order valence-electron chi connectivity index (χ2n) is 5.00. The Kier molecular flexibility index (Phi) is 5.11. The molecule has 1 saturated carbocycles. The standard InChI is InChI=1S/C15H20F3NO2/c1-3-19-12-9-13(14(12)20-4-2)21-11-7-5-10(6-8-11)15(16,17)18/h5-8,12-14,19H,3-4,9H2,1-2H3. The molecule has 1 aromatic carbocycles. The number of hydrogen-bond acceptors (Lipinski definition) is 3. The summed E-state index contributed by atoms with van der Waals surface area (Å²) in [4.78, 5) is 0. The van der Waals surface area contributed by atoms with Crippen molar-refractivity contribution < 1.29 is 22.6 Å². The Hall–Kier alpha value is -1.27. The van der Waals surface area contributed by atoms with Crippen molar-refractivity contribution in [3.8, 4) is 5.75 Å². The second kappa shape index (κ2) is 6.66. The molecule has 3 unspecified atom stereocenters. The molecule has 1 aromatic rings. The Morgan fingerprint density at radius 1 is 1.19 bits per heavy atom. The fourth-order valence-corrected chi connectivity index (χ4v) is 2.47. The topological polar surface area (TPSA) is 30.5 Å². The van der Waals surface area contributed by atoms with Crippen molar-refractivity contribution in [2.45, 2.75) is 44.7 Å². The molecule has 2 rings (SSSR count). The third-order valence-corrected chi connectivity index (χ3v) is 3.54. The molecule has 0 spiro atoms. The molecule has 1 aliphatic rings. The van der Waals surface area contributed by atoms with Gasteiger partial charge in [-0.05, 0) is 37.7 Å². The maximum absolute atomic E-state index is 12.5. The quantitative estimate of drug-likeness (QED) is 0.875. The SMILES string of the molecule is CCNC1CC(Oc2ccc(C(F)(F)F)cc2)C1OCC. The summed E-state index contributed by atoms with van der Waals surface area (Å²) < 4.78 is 48.8. The van der Waals surface area contributed by atoms with Gasteiger partial charge in [0.15, 0.2) is 0 Å². The summed E-state index contributed by atoms with van der Waals surface area (Å²) in [6.07, 6.45) is -3.71. The molecule has 0 amide bonds. The number of likely N-dealkylation sites (N-methyl/N-ethyl adjacent to an activating group) is 1. The van der Waals surface area contributed by atoms with Gasteiger partial charge < -0.3 is 14.8 Å². The van der Waals surface area contributed by atoms with Gasteiger partial charge in [0.25, 0.3) is 0 Å². The third kappa shape index (κ3) is 3.89. The Balaban J connectivity index is 1.95. The minimum atomic E-state index is -4.32. The molecule has 1 N–H and O–H groups in total. The first-order chi connectivity index (χ1) is 9.95. The van der Waals surface area contributed by atoms with E-state index < -0.39 is 11.7 Å². The van der Waals surface area contributed by atoms with E-state index in [1.165, 1.54) is 12.1 Å². The predicted octanol–water partition coefficient (Wildman–Crippen LogP) is 3.24. The zero-order valence-electron chi connectivity index (χ0n) is 12.1. The average molecular weight is 303 g/mol. The molecule has 21 heavy (non-hydrogen) atoms. The molecule has 0 bridgehead atoms. The highest BCUT2D eigenvalue weighted by atomic mass is 19.4.